The first-order chi connectivity index (χ1) is 23.3. The molecule has 47 heavy (non-hydrogen) atoms. The van der Waals surface area contributed by atoms with E-state index in [1.54, 1.807) is 0 Å². The minimum atomic E-state index is 0.641. The van der Waals surface area contributed by atoms with Crippen LogP contribution >= 0.6 is 0 Å². The molecule has 4 heterocycles. The quantitative estimate of drug-likeness (QED) is 0.198. The second-order valence-electron chi connectivity index (χ2n) is 12.2. The lowest BCUT2D eigenvalue weighted by molar-refractivity contribution is 0.486. The summed E-state index contributed by atoms with van der Waals surface area (Å²) in [6.45, 7) is 0. The van der Waals surface area contributed by atoms with Crippen molar-refractivity contribution in [3.05, 3.63) is 146 Å². The zero-order chi connectivity index (χ0) is 30.6. The van der Waals surface area contributed by atoms with Crippen LogP contribution in [-0.4, -0.2) is 19.1 Å². The van der Waals surface area contributed by atoms with Crippen LogP contribution in [0.1, 0.15) is 0 Å². The summed E-state index contributed by atoms with van der Waals surface area (Å²) in [6, 6.07) is 51.3. The van der Waals surface area contributed by atoms with E-state index in [-0.39, 0.29) is 0 Å². The van der Waals surface area contributed by atoms with Crippen LogP contribution in [0.2, 0.25) is 0 Å². The SMILES string of the molecule is c1ccc2c(c1)Oc1cccc3nc(-n4c5ccccc5c5ccc6c(c7ccccc7n6-c6ccc7ccccc7c6)c54)nc-2c13. The van der Waals surface area contributed by atoms with Gasteiger partial charge in [0.25, 0.3) is 0 Å². The standard InChI is InChI=1S/C42H24N4O/c1-2-11-26-24-27(21-20-25(26)10-1)45-34-17-7-4-13-30(34)38-35(45)23-22-29-28-12-3-6-16-33(28)46(41(29)38)42-43-32-15-9-19-37-39(32)40(44-42)31-14-5-8-18-36(31)47-37/h1-24H. The van der Waals surface area contributed by atoms with Crippen molar-refractivity contribution < 1.29 is 4.74 Å². The lowest BCUT2D eigenvalue weighted by Gasteiger charge is -2.21. The second-order valence-corrected chi connectivity index (χ2v) is 12.2. The highest BCUT2D eigenvalue weighted by atomic mass is 16.5. The number of hydrogen-bond acceptors (Lipinski definition) is 3. The van der Waals surface area contributed by atoms with Crippen LogP contribution in [0.3, 0.4) is 0 Å². The van der Waals surface area contributed by atoms with Crippen LogP contribution in [0, 0.1) is 0 Å². The molecule has 0 fully saturated rings. The van der Waals surface area contributed by atoms with Crippen molar-refractivity contribution in [1.29, 1.82) is 0 Å². The molecule has 0 radical (unpaired) electrons. The molecule has 11 rings (SSSR count). The smallest absolute Gasteiger partial charge is 0.235 e. The number of para-hydroxylation sites is 3. The van der Waals surface area contributed by atoms with Gasteiger partial charge in [-0.15, -0.1) is 0 Å². The number of hydrogen-bond donors (Lipinski definition) is 0. The molecule has 0 spiro atoms. The largest absolute Gasteiger partial charge is 0.456 e. The highest BCUT2D eigenvalue weighted by Gasteiger charge is 2.26. The predicted molar refractivity (Wildman–Crippen MR) is 191 cm³/mol. The van der Waals surface area contributed by atoms with Gasteiger partial charge in [0.05, 0.1) is 38.7 Å². The Hall–Kier alpha value is -6.46. The highest BCUT2D eigenvalue weighted by Crippen LogP contribution is 2.46. The van der Waals surface area contributed by atoms with Crippen molar-refractivity contribution in [2.45, 2.75) is 0 Å². The van der Waals surface area contributed by atoms with Gasteiger partial charge < -0.3 is 9.30 Å². The van der Waals surface area contributed by atoms with Crippen LogP contribution in [0.25, 0.3) is 88.2 Å². The zero-order valence-electron chi connectivity index (χ0n) is 25.1. The summed E-state index contributed by atoms with van der Waals surface area (Å²) >= 11 is 0. The summed E-state index contributed by atoms with van der Waals surface area (Å²) in [5.74, 6) is 2.23. The monoisotopic (exact) mass is 600 g/mol. The van der Waals surface area contributed by atoms with Crippen LogP contribution in [0.15, 0.2) is 146 Å². The Morgan fingerprint density at radius 3 is 2.13 bits per heavy atom. The van der Waals surface area contributed by atoms with Gasteiger partial charge in [-0.05, 0) is 65.4 Å². The maximum absolute atomic E-state index is 6.31. The van der Waals surface area contributed by atoms with Gasteiger partial charge in [0.1, 0.15) is 11.5 Å². The van der Waals surface area contributed by atoms with Gasteiger partial charge in [0.2, 0.25) is 5.95 Å². The normalized spacial score (nSPS) is 12.4. The second kappa shape index (κ2) is 9.05. The molecule has 0 bridgehead atoms. The van der Waals surface area contributed by atoms with E-state index in [0.29, 0.717) is 5.95 Å². The molecule has 0 amide bonds. The maximum Gasteiger partial charge on any atom is 0.235 e. The molecular formula is C42H24N4O. The lowest BCUT2D eigenvalue weighted by Crippen LogP contribution is -2.06. The van der Waals surface area contributed by atoms with Crippen LogP contribution in [0.5, 0.6) is 11.5 Å². The van der Waals surface area contributed by atoms with Crippen molar-refractivity contribution in [1.82, 2.24) is 19.1 Å². The van der Waals surface area contributed by atoms with Crippen molar-refractivity contribution in [3.63, 3.8) is 0 Å². The first-order valence-electron chi connectivity index (χ1n) is 15.8. The average molecular weight is 601 g/mol. The Bertz CT molecular complexity index is 2950. The molecule has 0 aliphatic carbocycles. The number of ether oxygens (including phenoxy) is 1. The number of aromatic nitrogens is 4. The summed E-state index contributed by atoms with van der Waals surface area (Å²) in [5, 5.41) is 8.09. The van der Waals surface area contributed by atoms with E-state index in [1.807, 2.05) is 30.3 Å². The molecule has 1 aliphatic heterocycles. The molecule has 5 nitrogen and oxygen atoms in total. The first-order valence-corrected chi connectivity index (χ1v) is 15.8. The summed E-state index contributed by atoms with van der Waals surface area (Å²) in [7, 11) is 0. The van der Waals surface area contributed by atoms with Crippen LogP contribution in [0.4, 0.5) is 0 Å². The van der Waals surface area contributed by atoms with Crippen LogP contribution in [-0.2, 0) is 0 Å². The third kappa shape index (κ3) is 3.32. The molecule has 3 aromatic heterocycles. The van der Waals surface area contributed by atoms with Gasteiger partial charge in [-0.1, -0.05) is 91.0 Å². The molecule has 5 heteroatoms. The van der Waals surface area contributed by atoms with Gasteiger partial charge in [0, 0.05) is 32.8 Å². The fourth-order valence-electron chi connectivity index (χ4n) is 7.70. The third-order valence-corrected chi connectivity index (χ3v) is 9.70. The topological polar surface area (TPSA) is 44.9 Å². The minimum absolute atomic E-state index is 0.641. The molecule has 0 saturated heterocycles. The highest BCUT2D eigenvalue weighted by molar-refractivity contribution is 6.26. The van der Waals surface area contributed by atoms with E-state index in [0.717, 1.165) is 61.4 Å². The van der Waals surface area contributed by atoms with E-state index in [9.17, 15) is 0 Å². The van der Waals surface area contributed by atoms with E-state index in [1.165, 1.54) is 32.3 Å². The van der Waals surface area contributed by atoms with E-state index < -0.39 is 0 Å². The molecule has 0 saturated carbocycles. The Labute approximate surface area is 268 Å². The molecule has 10 aromatic rings. The number of benzene rings is 7. The molecule has 1 aliphatic rings. The fraction of sp³-hybridized carbons (Fsp3) is 0. The summed E-state index contributed by atoms with van der Waals surface area (Å²) in [5.41, 5.74) is 8.32. The van der Waals surface area contributed by atoms with E-state index in [4.69, 9.17) is 14.7 Å². The van der Waals surface area contributed by atoms with Gasteiger partial charge in [-0.2, -0.15) is 0 Å². The number of rotatable bonds is 2. The van der Waals surface area contributed by atoms with Crippen LogP contribution < -0.4 is 4.74 Å². The van der Waals surface area contributed by atoms with Gasteiger partial charge in [-0.3, -0.25) is 4.57 Å². The molecular weight excluding hydrogens is 576 g/mol. The third-order valence-electron chi connectivity index (χ3n) is 9.70. The average Bonchev–Trinajstić information content (AvgIpc) is 3.64. The Morgan fingerprint density at radius 1 is 0.468 bits per heavy atom. The summed E-state index contributed by atoms with van der Waals surface area (Å²) < 4.78 is 11.0. The molecule has 0 atom stereocenters. The van der Waals surface area contributed by atoms with E-state index in [2.05, 4.69) is 124 Å². The van der Waals surface area contributed by atoms with Gasteiger partial charge in [-0.25, -0.2) is 9.97 Å². The van der Waals surface area contributed by atoms with Gasteiger partial charge in [0.15, 0.2) is 0 Å². The van der Waals surface area contributed by atoms with Crippen molar-refractivity contribution in [2.75, 3.05) is 0 Å². The fourth-order valence-corrected chi connectivity index (χ4v) is 7.70. The Morgan fingerprint density at radius 2 is 1.21 bits per heavy atom. The predicted octanol–water partition coefficient (Wildman–Crippen LogP) is 10.7. The van der Waals surface area contributed by atoms with Crippen molar-refractivity contribution >= 4 is 65.3 Å². The molecule has 0 unspecified atom stereocenters. The molecule has 0 N–H and O–H groups in total. The molecule has 218 valence electrons. The lowest BCUT2D eigenvalue weighted by atomic mass is 10.0. The Kier molecular flexibility index (Phi) is 4.78. The minimum Gasteiger partial charge on any atom is -0.456 e. The maximum atomic E-state index is 6.31. The van der Waals surface area contributed by atoms with Crippen molar-refractivity contribution in [2.24, 2.45) is 0 Å². The van der Waals surface area contributed by atoms with E-state index >= 15 is 0 Å². The first kappa shape index (κ1) is 24.8. The van der Waals surface area contributed by atoms with Crippen molar-refractivity contribution in [3.8, 4) is 34.4 Å². The zero-order valence-corrected chi connectivity index (χ0v) is 25.1. The summed E-state index contributed by atoms with van der Waals surface area (Å²) in [6.07, 6.45) is 0. The number of nitrogens with zero attached hydrogens (tertiary/aromatic N) is 4. The van der Waals surface area contributed by atoms with Gasteiger partial charge >= 0.3 is 0 Å². The molecule has 7 aromatic carbocycles. The Balaban J connectivity index is 1.30. The summed E-state index contributed by atoms with van der Waals surface area (Å²) in [4.78, 5) is 10.6. The number of fused-ring (bicyclic) bond motifs is 10.